The molecule has 0 radical (unpaired) electrons. The summed E-state index contributed by atoms with van der Waals surface area (Å²) in [5.41, 5.74) is 75.6. The van der Waals surface area contributed by atoms with Crippen LogP contribution in [0.3, 0.4) is 0 Å². The van der Waals surface area contributed by atoms with Crippen molar-refractivity contribution in [1.29, 1.82) is 0 Å². The fourth-order valence-electron chi connectivity index (χ4n) is 9.09. The molecule has 16 heteroatoms. The van der Waals surface area contributed by atoms with E-state index in [4.69, 9.17) is 66.8 Å². The quantitative estimate of drug-likeness (QED) is 0.0197. The molecule has 0 unspecified atom stereocenters. The molecule has 0 saturated carbocycles. The highest BCUT2D eigenvalue weighted by Gasteiger charge is 2.06. The Hall–Kier alpha value is -14.5. The molecular weight excluding hydrogens is 1290 g/mol. The van der Waals surface area contributed by atoms with Gasteiger partial charge in [-0.15, -0.1) is 0 Å². The van der Waals surface area contributed by atoms with Crippen LogP contribution in [0.1, 0.15) is 92.3 Å². The maximum absolute atomic E-state index is 12.1. The highest BCUT2D eigenvalue weighted by atomic mass is 16.5. The third-order valence-corrected chi connectivity index (χ3v) is 15.2. The third-order valence-electron chi connectivity index (χ3n) is 15.2. The number of rotatable bonds is 15. The Morgan fingerprint density at radius 3 is 0.942 bits per heavy atom. The van der Waals surface area contributed by atoms with Gasteiger partial charge in [0.2, 0.25) is 0 Å². The number of methoxy groups -OCH3 is 2. The molecule has 16 nitrogen and oxygen atoms in total. The molecule has 11 rings (SSSR count). The average molecular weight is 1380 g/mol. The first-order valence-corrected chi connectivity index (χ1v) is 32.4. The fraction of sp³-hybridized carbons (Fsp3) is 0.0455. The number of carbonyl (C=O) groups is 4. The van der Waals surface area contributed by atoms with Crippen molar-refractivity contribution in [3.63, 3.8) is 0 Å². The lowest BCUT2D eigenvalue weighted by atomic mass is 10.1. The number of ketones is 4. The summed E-state index contributed by atoms with van der Waals surface area (Å²) in [6.45, 7) is 3.96. The van der Waals surface area contributed by atoms with E-state index < -0.39 is 0 Å². The molecule has 20 N–H and O–H groups in total. The first-order chi connectivity index (χ1) is 50.0. The van der Waals surface area contributed by atoms with Crippen molar-refractivity contribution in [2.75, 3.05) is 71.6 Å². The first-order valence-electron chi connectivity index (χ1n) is 32.4. The van der Waals surface area contributed by atoms with Crippen LogP contribution in [-0.2, 0) is 4.79 Å². The van der Waals surface area contributed by atoms with E-state index in [1.165, 1.54) is 30.4 Å². The van der Waals surface area contributed by atoms with Crippen molar-refractivity contribution in [2.24, 2.45) is 0 Å². The second-order valence-electron chi connectivity index (χ2n) is 23.3. The van der Waals surface area contributed by atoms with Gasteiger partial charge < -0.3 is 66.8 Å². The first kappa shape index (κ1) is 76.9. The van der Waals surface area contributed by atoms with Crippen molar-refractivity contribution >= 4 is 110 Å². The van der Waals surface area contributed by atoms with Gasteiger partial charge in [0.1, 0.15) is 11.5 Å². The Bertz CT molecular complexity index is 4900. The molecule has 520 valence electrons. The molecule has 0 fully saturated rings. The van der Waals surface area contributed by atoms with Gasteiger partial charge in [0.05, 0.1) is 25.6 Å². The van der Waals surface area contributed by atoms with Crippen LogP contribution < -0.4 is 66.8 Å². The summed E-state index contributed by atoms with van der Waals surface area (Å²) < 4.78 is 10.2. The number of carbonyl (C=O) groups excluding carboxylic acids is 4. The average Bonchev–Trinajstić information content (AvgIpc) is 0.899. The summed E-state index contributed by atoms with van der Waals surface area (Å²) in [6.07, 6.45) is 16.4. The predicted octanol–water partition coefficient (Wildman–Crippen LogP) is 15.7. The maximum Gasteiger partial charge on any atom is 0.185 e. The van der Waals surface area contributed by atoms with Gasteiger partial charge in [-0.25, -0.2) is 0 Å². The van der Waals surface area contributed by atoms with Crippen LogP contribution in [0.4, 0.5) is 56.9 Å². The highest BCUT2D eigenvalue weighted by Crippen LogP contribution is 2.23. The lowest BCUT2D eigenvalue weighted by Crippen LogP contribution is -1.95. The Morgan fingerprint density at radius 2 is 0.615 bits per heavy atom. The van der Waals surface area contributed by atoms with E-state index in [2.05, 4.69) is 23.7 Å². The minimum absolute atomic E-state index is 0.0492. The van der Waals surface area contributed by atoms with Gasteiger partial charge in [-0.1, -0.05) is 127 Å². The third kappa shape index (κ3) is 26.1. The standard InChI is InChI=1S/C24H20N2O2.C17H16N2O.2C16H16N2O.C15H14N2O/c25-21-11-7-19(8-12-21)23(27)15-5-17-1-2-18(4-3-17)6-16-24(28)20-9-13-22(26)14-10-20;18-15-7-1-13(2-8-15)5-11-17(20)12-6-14-3-9-16(19)10-4-14;1-11-3-6-13(14(17)9-11)7-4-12-5-8-16(19-2)15(18)10-12;1-11-3-4-12(9-15(11)17)5-6-13-7-8-14(19-2)10-16(13)18;16-13-6-1-11(2-7-13)3-10-15(18)12-4-8-14(17)9-5-12/h1-16H,25-26H2;1-12H,18-19H2;3,5-6,8-10H,17-18H2,1-2H3;3-4,7-10H,17-18H2,1-2H3;1-10H,16-17H2. The van der Waals surface area contributed by atoms with E-state index in [1.807, 2.05) is 129 Å². The minimum atomic E-state index is -0.0851. The highest BCUT2D eigenvalue weighted by molar-refractivity contribution is 6.08. The Kier molecular flexibility index (Phi) is 29.0. The van der Waals surface area contributed by atoms with E-state index in [0.717, 1.165) is 72.6 Å². The summed E-state index contributed by atoms with van der Waals surface area (Å²) >= 11 is 0. The van der Waals surface area contributed by atoms with Crippen LogP contribution in [-0.4, -0.2) is 37.4 Å². The van der Waals surface area contributed by atoms with Crippen LogP contribution in [0.2, 0.25) is 0 Å². The number of benzene rings is 11. The molecule has 11 aromatic rings. The molecule has 104 heavy (non-hydrogen) atoms. The van der Waals surface area contributed by atoms with Gasteiger partial charge in [0, 0.05) is 90.5 Å². The van der Waals surface area contributed by atoms with Crippen molar-refractivity contribution < 1.29 is 28.7 Å². The second kappa shape index (κ2) is 39.2. The zero-order valence-electron chi connectivity index (χ0n) is 58.1. The largest absolute Gasteiger partial charge is 0.497 e. The number of anilines is 10. The molecule has 0 aliphatic rings. The molecule has 0 spiro atoms. The summed E-state index contributed by atoms with van der Waals surface area (Å²) in [4.78, 5) is 47.8. The molecule has 0 atom stereocenters. The summed E-state index contributed by atoms with van der Waals surface area (Å²) in [7, 11) is 3.19. The van der Waals surface area contributed by atoms with E-state index in [1.54, 1.807) is 172 Å². The Balaban J connectivity index is 0.000000184. The minimum Gasteiger partial charge on any atom is -0.497 e. The summed E-state index contributed by atoms with van der Waals surface area (Å²) in [5.74, 6) is 13.3. The van der Waals surface area contributed by atoms with Gasteiger partial charge >= 0.3 is 0 Å². The second-order valence-corrected chi connectivity index (χ2v) is 23.3. The normalized spacial score (nSPS) is 10.5. The SMILES string of the molecule is COc1ccc(C#Cc2ccc(C)c(N)c2)c(N)c1.COc1ccc(C#Cc2ccc(C)cc2N)cc1N.Nc1ccc(C(=O)C=Cc2ccc(C=CC(=O)c3ccc(N)cc3)cc2)cc1.Nc1ccc(C=CC(=O)C=Cc2ccc(N)cc2)cc1.Nc1ccc(C=CC(=O)c2ccc(N)cc2)cc1. The number of hydrogen-bond donors (Lipinski definition) is 10. The van der Waals surface area contributed by atoms with Gasteiger partial charge in [-0.05, 0) is 247 Å². The van der Waals surface area contributed by atoms with Crippen LogP contribution in [0.15, 0.2) is 273 Å². The van der Waals surface area contributed by atoms with Crippen LogP contribution in [0.5, 0.6) is 11.5 Å². The molecule has 11 aromatic carbocycles. The summed E-state index contributed by atoms with van der Waals surface area (Å²) in [6, 6.07) is 72.5. The number of nitrogen functional groups attached to an aromatic ring is 10. The van der Waals surface area contributed by atoms with Gasteiger partial charge in [-0.3, -0.25) is 19.2 Å². The molecule has 0 bridgehead atoms. The molecule has 0 aliphatic carbocycles. The lowest BCUT2D eigenvalue weighted by molar-refractivity contribution is -0.110. The van der Waals surface area contributed by atoms with E-state index in [0.29, 0.717) is 73.6 Å². The van der Waals surface area contributed by atoms with E-state index >= 15 is 0 Å². The molecule has 0 aliphatic heterocycles. The maximum atomic E-state index is 12.1. The van der Waals surface area contributed by atoms with E-state index in [-0.39, 0.29) is 23.1 Å². The molecule has 0 heterocycles. The Labute approximate surface area is 607 Å². The molecule has 0 aromatic heterocycles. The van der Waals surface area contributed by atoms with Gasteiger partial charge in [0.15, 0.2) is 23.1 Å². The zero-order chi connectivity index (χ0) is 74.9. The monoisotopic (exact) mass is 1370 g/mol. The zero-order valence-corrected chi connectivity index (χ0v) is 58.1. The molecular formula is C88H82N10O6. The smallest absolute Gasteiger partial charge is 0.185 e. The van der Waals surface area contributed by atoms with Crippen molar-refractivity contribution in [2.45, 2.75) is 13.8 Å². The van der Waals surface area contributed by atoms with E-state index in [9.17, 15) is 19.2 Å². The van der Waals surface area contributed by atoms with Crippen LogP contribution >= 0.6 is 0 Å². The number of nitrogens with two attached hydrogens (primary N) is 10. The number of ether oxygens (including phenoxy) is 2. The number of hydrogen-bond acceptors (Lipinski definition) is 16. The van der Waals surface area contributed by atoms with Gasteiger partial charge in [-0.2, -0.15) is 0 Å². The van der Waals surface area contributed by atoms with Crippen molar-refractivity contribution in [3.05, 3.63) is 351 Å². The lowest BCUT2D eigenvalue weighted by Gasteiger charge is -2.03. The topological polar surface area (TPSA) is 347 Å². The van der Waals surface area contributed by atoms with Crippen LogP contribution in [0, 0.1) is 37.5 Å². The van der Waals surface area contributed by atoms with Crippen LogP contribution in [0.25, 0.3) is 30.4 Å². The summed E-state index contributed by atoms with van der Waals surface area (Å²) in [5, 5.41) is 0. The van der Waals surface area contributed by atoms with Crippen molar-refractivity contribution in [3.8, 4) is 35.2 Å². The fourth-order valence-corrected chi connectivity index (χ4v) is 9.09. The van der Waals surface area contributed by atoms with Gasteiger partial charge in [0.25, 0.3) is 0 Å². The Morgan fingerprint density at radius 1 is 0.298 bits per heavy atom. The predicted molar refractivity (Wildman–Crippen MR) is 433 cm³/mol. The number of aryl methyl sites for hydroxylation is 2. The molecule has 0 saturated heterocycles. The van der Waals surface area contributed by atoms with Crippen molar-refractivity contribution in [1.82, 2.24) is 0 Å². The molecule has 0 amide bonds. The number of allylic oxidation sites excluding steroid dienone is 5.